The number of esters is 1. The van der Waals surface area contributed by atoms with Crippen LogP contribution in [0.2, 0.25) is 0 Å². The Morgan fingerprint density at radius 1 is 0.769 bits per heavy atom. The van der Waals surface area contributed by atoms with Crippen molar-refractivity contribution in [2.24, 2.45) is 0 Å². The molecule has 1 rings (SSSR count). The molecule has 0 amide bonds. The minimum Gasteiger partial charge on any atom is -0.493 e. The average Bonchev–Trinajstić information content (AvgIpc) is 2.66. The van der Waals surface area contributed by atoms with Crippen LogP contribution in [0.4, 0.5) is 0 Å². The first kappa shape index (κ1) is 21.9. The Morgan fingerprint density at radius 3 is 1.81 bits per heavy atom. The van der Waals surface area contributed by atoms with Crippen molar-refractivity contribution in [2.45, 2.75) is 53.4 Å². The Kier molecular flexibility index (Phi) is 11.0. The first-order valence-corrected chi connectivity index (χ1v) is 9.57. The van der Waals surface area contributed by atoms with Gasteiger partial charge in [0.25, 0.3) is 0 Å². The second-order valence-corrected chi connectivity index (χ2v) is 5.88. The van der Waals surface area contributed by atoms with Crippen molar-refractivity contribution in [2.75, 3.05) is 26.4 Å². The number of benzene rings is 1. The summed E-state index contributed by atoms with van der Waals surface area (Å²) in [5.41, 5.74) is 0.766. The largest absolute Gasteiger partial charge is 0.493 e. The number of hydrogen-bond acceptors (Lipinski definition) is 5. The summed E-state index contributed by atoms with van der Waals surface area (Å²) in [5, 5.41) is 0. The fourth-order valence-corrected chi connectivity index (χ4v) is 2.08. The van der Waals surface area contributed by atoms with Gasteiger partial charge in [0.05, 0.1) is 26.4 Å². The van der Waals surface area contributed by atoms with Crippen molar-refractivity contribution in [3.05, 3.63) is 23.8 Å². The van der Waals surface area contributed by atoms with Crippen LogP contribution in [0.1, 0.15) is 58.9 Å². The molecule has 0 aliphatic rings. The molecule has 0 saturated heterocycles. The van der Waals surface area contributed by atoms with Crippen LogP contribution >= 0.6 is 0 Å². The summed E-state index contributed by atoms with van der Waals surface area (Å²) in [5.74, 6) is 1.62. The normalized spacial score (nSPS) is 10.8. The van der Waals surface area contributed by atoms with E-state index < -0.39 is 0 Å². The number of carbonyl (C=O) groups excluding carboxylic acids is 1. The first-order chi connectivity index (χ1) is 12.7. The first-order valence-electron chi connectivity index (χ1n) is 9.57. The zero-order chi connectivity index (χ0) is 19.2. The third-order valence-corrected chi connectivity index (χ3v) is 3.31. The molecule has 146 valence electrons. The monoisotopic (exact) mass is 364 g/mol. The van der Waals surface area contributed by atoms with E-state index in [-0.39, 0.29) is 5.97 Å². The van der Waals surface area contributed by atoms with Crippen LogP contribution in [0.5, 0.6) is 17.2 Å². The van der Waals surface area contributed by atoms with Crippen LogP contribution in [-0.4, -0.2) is 32.4 Å². The number of hydrogen-bond donors (Lipinski definition) is 0. The van der Waals surface area contributed by atoms with Crippen LogP contribution in [0.3, 0.4) is 0 Å². The van der Waals surface area contributed by atoms with Gasteiger partial charge >= 0.3 is 5.97 Å². The average molecular weight is 364 g/mol. The van der Waals surface area contributed by atoms with Crippen molar-refractivity contribution in [1.29, 1.82) is 0 Å². The van der Waals surface area contributed by atoms with Gasteiger partial charge in [0.15, 0.2) is 11.5 Å². The van der Waals surface area contributed by atoms with Gasteiger partial charge in [-0.05, 0) is 37.8 Å². The van der Waals surface area contributed by atoms with E-state index in [9.17, 15) is 4.79 Å². The van der Waals surface area contributed by atoms with Gasteiger partial charge in [-0.25, -0.2) is 4.79 Å². The number of rotatable bonds is 13. The highest BCUT2D eigenvalue weighted by atomic mass is 16.5. The minimum absolute atomic E-state index is 0.365. The fourth-order valence-electron chi connectivity index (χ4n) is 2.08. The summed E-state index contributed by atoms with van der Waals surface area (Å²) >= 11 is 0. The molecule has 5 heteroatoms. The van der Waals surface area contributed by atoms with Gasteiger partial charge in [-0.3, -0.25) is 0 Å². The quantitative estimate of drug-likeness (QED) is 0.363. The lowest BCUT2D eigenvalue weighted by Gasteiger charge is -2.16. The number of carbonyl (C=O) groups is 1. The van der Waals surface area contributed by atoms with Gasteiger partial charge in [0.2, 0.25) is 0 Å². The van der Waals surface area contributed by atoms with Crippen LogP contribution in [0.15, 0.2) is 18.2 Å². The Hall–Kier alpha value is -2.17. The highest BCUT2D eigenvalue weighted by Gasteiger charge is 2.13. The molecule has 1 aromatic carbocycles. The van der Waals surface area contributed by atoms with E-state index in [2.05, 4.69) is 13.8 Å². The van der Waals surface area contributed by atoms with Gasteiger partial charge in [0, 0.05) is 17.7 Å². The van der Waals surface area contributed by atoms with Gasteiger partial charge in [-0.1, -0.05) is 27.7 Å². The molecule has 0 heterocycles. The van der Waals surface area contributed by atoms with Crippen LogP contribution < -0.4 is 14.2 Å². The summed E-state index contributed by atoms with van der Waals surface area (Å²) in [6, 6.07) is 3.70. The standard InChI is InChI=1S/C21H32O5/c1-5-11-23-18-16-20(25-13-7-3)19(24-12-6-2)15-17(18)9-10-21(22)26-14-8-4/h9-10,15-16H,5-8,11-14H2,1-4H3. The predicted octanol–water partition coefficient (Wildman–Crippen LogP) is 5.02. The molecular weight excluding hydrogens is 332 g/mol. The summed E-state index contributed by atoms with van der Waals surface area (Å²) in [6.07, 6.45) is 6.61. The van der Waals surface area contributed by atoms with E-state index in [1.165, 1.54) is 6.08 Å². The molecule has 0 bridgehead atoms. The highest BCUT2D eigenvalue weighted by molar-refractivity contribution is 5.87. The van der Waals surface area contributed by atoms with Crippen molar-refractivity contribution in [1.82, 2.24) is 0 Å². The third-order valence-electron chi connectivity index (χ3n) is 3.31. The van der Waals surface area contributed by atoms with Crippen LogP contribution in [0.25, 0.3) is 6.08 Å². The molecule has 0 N–H and O–H groups in total. The Labute approximate surface area is 157 Å². The van der Waals surface area contributed by atoms with Gasteiger partial charge < -0.3 is 18.9 Å². The van der Waals surface area contributed by atoms with Crippen molar-refractivity contribution < 1.29 is 23.7 Å². The maximum absolute atomic E-state index is 11.8. The lowest BCUT2D eigenvalue weighted by atomic mass is 10.1. The van der Waals surface area contributed by atoms with E-state index in [0.29, 0.717) is 43.7 Å². The summed E-state index contributed by atoms with van der Waals surface area (Å²) in [7, 11) is 0. The maximum atomic E-state index is 11.8. The topological polar surface area (TPSA) is 54.0 Å². The molecule has 0 atom stereocenters. The van der Waals surface area contributed by atoms with E-state index in [4.69, 9.17) is 18.9 Å². The van der Waals surface area contributed by atoms with E-state index in [0.717, 1.165) is 31.2 Å². The minimum atomic E-state index is -0.365. The van der Waals surface area contributed by atoms with E-state index in [1.807, 2.05) is 26.0 Å². The third kappa shape index (κ3) is 7.81. The molecule has 0 radical (unpaired) electrons. The Balaban J connectivity index is 3.12. The molecule has 26 heavy (non-hydrogen) atoms. The van der Waals surface area contributed by atoms with Crippen molar-refractivity contribution >= 4 is 12.0 Å². The molecule has 0 spiro atoms. The second-order valence-electron chi connectivity index (χ2n) is 5.88. The molecule has 0 unspecified atom stereocenters. The fraction of sp³-hybridized carbons (Fsp3) is 0.571. The lowest BCUT2D eigenvalue weighted by Crippen LogP contribution is -2.04. The lowest BCUT2D eigenvalue weighted by molar-refractivity contribution is -0.137. The summed E-state index contributed by atoms with van der Waals surface area (Å²) < 4.78 is 22.6. The zero-order valence-electron chi connectivity index (χ0n) is 16.5. The molecule has 1 aromatic rings. The smallest absolute Gasteiger partial charge is 0.330 e. The van der Waals surface area contributed by atoms with Crippen LogP contribution in [0, 0.1) is 0 Å². The summed E-state index contributed by atoms with van der Waals surface area (Å²) in [4.78, 5) is 11.8. The maximum Gasteiger partial charge on any atom is 0.330 e. The molecule has 0 aromatic heterocycles. The molecule has 0 saturated carbocycles. The van der Waals surface area contributed by atoms with Gasteiger partial charge in [0.1, 0.15) is 5.75 Å². The van der Waals surface area contributed by atoms with Crippen molar-refractivity contribution in [3.63, 3.8) is 0 Å². The van der Waals surface area contributed by atoms with Gasteiger partial charge in [-0.2, -0.15) is 0 Å². The number of ether oxygens (including phenoxy) is 4. The van der Waals surface area contributed by atoms with Crippen molar-refractivity contribution in [3.8, 4) is 17.2 Å². The van der Waals surface area contributed by atoms with Crippen LogP contribution in [-0.2, 0) is 9.53 Å². The van der Waals surface area contributed by atoms with E-state index in [1.54, 1.807) is 6.08 Å². The predicted molar refractivity (Wildman–Crippen MR) is 104 cm³/mol. The summed E-state index contributed by atoms with van der Waals surface area (Å²) in [6.45, 7) is 10.3. The Morgan fingerprint density at radius 2 is 1.27 bits per heavy atom. The SMILES string of the molecule is CCCOC(=O)C=Cc1cc(OCCC)c(OCCC)cc1OCCC. The van der Waals surface area contributed by atoms with Gasteiger partial charge in [-0.15, -0.1) is 0 Å². The molecule has 5 nitrogen and oxygen atoms in total. The Bertz CT molecular complexity index is 566. The molecule has 0 aliphatic carbocycles. The zero-order valence-corrected chi connectivity index (χ0v) is 16.5. The second kappa shape index (κ2) is 13.1. The molecule has 0 fully saturated rings. The molecule has 0 aliphatic heterocycles. The molecular formula is C21H32O5. The highest BCUT2D eigenvalue weighted by Crippen LogP contribution is 2.36. The van der Waals surface area contributed by atoms with E-state index >= 15 is 0 Å².